The van der Waals surface area contributed by atoms with Gasteiger partial charge in [0.1, 0.15) is 0 Å². The molecule has 1 saturated carbocycles. The summed E-state index contributed by atoms with van der Waals surface area (Å²) in [7, 11) is 0. The molecule has 5 nitrogen and oxygen atoms in total. The first kappa shape index (κ1) is 15.0. The summed E-state index contributed by atoms with van der Waals surface area (Å²) in [6.07, 6.45) is 3.59. The average Bonchev–Trinajstić information content (AvgIpc) is 2.23. The van der Waals surface area contributed by atoms with Crippen LogP contribution in [-0.4, -0.2) is 29.9 Å². The summed E-state index contributed by atoms with van der Waals surface area (Å²) in [4.78, 5) is 23.4. The first-order chi connectivity index (χ1) is 8.28. The van der Waals surface area contributed by atoms with E-state index in [1.807, 2.05) is 20.8 Å². The molecule has 2 atom stereocenters. The first-order valence-electron chi connectivity index (χ1n) is 6.62. The number of hydrogen-bond donors (Lipinski definition) is 3. The summed E-state index contributed by atoms with van der Waals surface area (Å²) in [6.45, 7) is 5.77. The van der Waals surface area contributed by atoms with E-state index in [4.69, 9.17) is 5.73 Å². The van der Waals surface area contributed by atoms with E-state index in [0.29, 0.717) is 0 Å². The monoisotopic (exact) mass is 255 g/mol. The molecule has 1 aliphatic rings. The van der Waals surface area contributed by atoms with Gasteiger partial charge in [0.25, 0.3) is 0 Å². The SMILES string of the molecule is CC(C)(C)NC(=O)CNC(=O)C1CCCC(N)C1. The minimum atomic E-state index is -0.269. The maximum atomic E-state index is 11.9. The van der Waals surface area contributed by atoms with Crippen molar-refractivity contribution in [1.82, 2.24) is 10.6 Å². The van der Waals surface area contributed by atoms with Crippen molar-refractivity contribution in [1.29, 1.82) is 0 Å². The van der Waals surface area contributed by atoms with E-state index in [1.165, 1.54) is 0 Å². The molecule has 2 unspecified atom stereocenters. The zero-order chi connectivity index (χ0) is 13.8. The van der Waals surface area contributed by atoms with E-state index in [9.17, 15) is 9.59 Å². The third-order valence-electron chi connectivity index (χ3n) is 3.02. The van der Waals surface area contributed by atoms with Crippen LogP contribution in [0.3, 0.4) is 0 Å². The Hall–Kier alpha value is -1.10. The zero-order valence-corrected chi connectivity index (χ0v) is 11.6. The molecule has 0 heterocycles. The Balaban J connectivity index is 2.30. The highest BCUT2D eigenvalue weighted by atomic mass is 16.2. The Kier molecular flexibility index (Phi) is 5.14. The van der Waals surface area contributed by atoms with Gasteiger partial charge in [-0.2, -0.15) is 0 Å². The minimum absolute atomic E-state index is 0.0313. The third kappa shape index (κ3) is 5.49. The van der Waals surface area contributed by atoms with Crippen LogP contribution in [0.25, 0.3) is 0 Å². The molecule has 1 rings (SSSR count). The van der Waals surface area contributed by atoms with Gasteiger partial charge in [0.2, 0.25) is 11.8 Å². The molecule has 0 bridgehead atoms. The van der Waals surface area contributed by atoms with Crippen LogP contribution in [0.1, 0.15) is 46.5 Å². The van der Waals surface area contributed by atoms with E-state index in [-0.39, 0.29) is 35.9 Å². The number of amides is 2. The van der Waals surface area contributed by atoms with Crippen molar-refractivity contribution in [2.24, 2.45) is 11.7 Å². The fraction of sp³-hybridized carbons (Fsp3) is 0.846. The number of rotatable bonds is 3. The van der Waals surface area contributed by atoms with Crippen LogP contribution in [0.2, 0.25) is 0 Å². The lowest BCUT2D eigenvalue weighted by molar-refractivity contribution is -0.129. The van der Waals surface area contributed by atoms with Crippen LogP contribution in [0, 0.1) is 5.92 Å². The van der Waals surface area contributed by atoms with Crippen molar-refractivity contribution in [2.45, 2.75) is 58.0 Å². The Bertz CT molecular complexity index is 310. The van der Waals surface area contributed by atoms with Crippen LogP contribution < -0.4 is 16.4 Å². The second-order valence-corrected chi connectivity index (χ2v) is 6.14. The van der Waals surface area contributed by atoms with E-state index < -0.39 is 0 Å². The van der Waals surface area contributed by atoms with Gasteiger partial charge >= 0.3 is 0 Å². The molecule has 0 spiro atoms. The molecule has 1 aliphatic carbocycles. The third-order valence-corrected chi connectivity index (χ3v) is 3.02. The Labute approximate surface area is 109 Å². The lowest BCUT2D eigenvalue weighted by atomic mass is 9.85. The summed E-state index contributed by atoms with van der Waals surface area (Å²) >= 11 is 0. The maximum absolute atomic E-state index is 11.9. The van der Waals surface area contributed by atoms with E-state index in [0.717, 1.165) is 25.7 Å². The van der Waals surface area contributed by atoms with Crippen molar-refractivity contribution in [2.75, 3.05) is 6.54 Å². The van der Waals surface area contributed by atoms with Crippen molar-refractivity contribution >= 4 is 11.8 Å². The quantitative estimate of drug-likeness (QED) is 0.688. The highest BCUT2D eigenvalue weighted by Crippen LogP contribution is 2.22. The lowest BCUT2D eigenvalue weighted by Gasteiger charge is -2.26. The van der Waals surface area contributed by atoms with Gasteiger partial charge in [-0.3, -0.25) is 9.59 Å². The summed E-state index contributed by atoms with van der Waals surface area (Å²) in [5, 5.41) is 5.50. The van der Waals surface area contributed by atoms with Gasteiger partial charge in [0.15, 0.2) is 0 Å². The highest BCUT2D eigenvalue weighted by Gasteiger charge is 2.25. The van der Waals surface area contributed by atoms with Crippen molar-refractivity contribution in [3.05, 3.63) is 0 Å². The number of nitrogens with two attached hydrogens (primary N) is 1. The normalized spacial score (nSPS) is 24.4. The molecular weight excluding hydrogens is 230 g/mol. The van der Waals surface area contributed by atoms with Gasteiger partial charge in [-0.1, -0.05) is 6.42 Å². The fourth-order valence-electron chi connectivity index (χ4n) is 2.24. The molecule has 0 saturated heterocycles. The standard InChI is InChI=1S/C13H25N3O2/c1-13(2,3)16-11(17)8-15-12(18)9-5-4-6-10(14)7-9/h9-10H,4-8,14H2,1-3H3,(H,15,18)(H,16,17). The second kappa shape index (κ2) is 6.18. The Morgan fingerprint density at radius 1 is 1.28 bits per heavy atom. The van der Waals surface area contributed by atoms with Crippen molar-refractivity contribution in [3.63, 3.8) is 0 Å². The predicted octanol–water partition coefficient (Wildman–Crippen LogP) is 0.535. The minimum Gasteiger partial charge on any atom is -0.350 e. The molecule has 4 N–H and O–H groups in total. The topological polar surface area (TPSA) is 84.2 Å². The second-order valence-electron chi connectivity index (χ2n) is 6.14. The summed E-state index contributed by atoms with van der Waals surface area (Å²) < 4.78 is 0. The van der Waals surface area contributed by atoms with Gasteiger partial charge < -0.3 is 16.4 Å². The molecule has 104 valence electrons. The summed E-state index contributed by atoms with van der Waals surface area (Å²) in [6, 6.07) is 0.123. The number of carbonyl (C=O) groups is 2. The molecule has 0 aliphatic heterocycles. The van der Waals surface area contributed by atoms with Crippen LogP contribution in [0.4, 0.5) is 0 Å². The van der Waals surface area contributed by atoms with E-state index in [1.54, 1.807) is 0 Å². The zero-order valence-electron chi connectivity index (χ0n) is 11.6. The van der Waals surface area contributed by atoms with Crippen molar-refractivity contribution < 1.29 is 9.59 Å². The molecule has 2 amide bonds. The fourth-order valence-corrected chi connectivity index (χ4v) is 2.24. The molecule has 0 aromatic carbocycles. The van der Waals surface area contributed by atoms with Gasteiger partial charge in [0.05, 0.1) is 6.54 Å². The van der Waals surface area contributed by atoms with Crippen LogP contribution in [-0.2, 0) is 9.59 Å². The van der Waals surface area contributed by atoms with Crippen molar-refractivity contribution in [3.8, 4) is 0 Å². The number of carbonyl (C=O) groups excluding carboxylic acids is 2. The maximum Gasteiger partial charge on any atom is 0.239 e. The average molecular weight is 255 g/mol. The first-order valence-corrected chi connectivity index (χ1v) is 6.62. The van der Waals surface area contributed by atoms with E-state index in [2.05, 4.69) is 10.6 Å². The molecular formula is C13H25N3O2. The van der Waals surface area contributed by atoms with Crippen LogP contribution >= 0.6 is 0 Å². The van der Waals surface area contributed by atoms with Gasteiger partial charge in [-0.25, -0.2) is 0 Å². The smallest absolute Gasteiger partial charge is 0.239 e. The number of nitrogens with one attached hydrogen (secondary N) is 2. The van der Waals surface area contributed by atoms with Crippen LogP contribution in [0.15, 0.2) is 0 Å². The lowest BCUT2D eigenvalue weighted by Crippen LogP contribution is -2.47. The molecule has 0 aromatic heterocycles. The van der Waals surface area contributed by atoms with Gasteiger partial charge in [-0.05, 0) is 40.0 Å². The Morgan fingerprint density at radius 2 is 1.94 bits per heavy atom. The summed E-state index contributed by atoms with van der Waals surface area (Å²) in [5.74, 6) is -0.235. The number of hydrogen-bond acceptors (Lipinski definition) is 3. The van der Waals surface area contributed by atoms with E-state index >= 15 is 0 Å². The summed E-state index contributed by atoms with van der Waals surface area (Å²) in [5.41, 5.74) is 5.57. The molecule has 1 fully saturated rings. The predicted molar refractivity (Wildman–Crippen MR) is 70.8 cm³/mol. The molecule has 18 heavy (non-hydrogen) atoms. The molecule has 0 radical (unpaired) electrons. The van der Waals surface area contributed by atoms with Gasteiger partial charge in [0, 0.05) is 17.5 Å². The highest BCUT2D eigenvalue weighted by molar-refractivity contribution is 5.86. The Morgan fingerprint density at radius 3 is 2.50 bits per heavy atom. The van der Waals surface area contributed by atoms with Gasteiger partial charge in [-0.15, -0.1) is 0 Å². The molecule has 5 heteroatoms. The van der Waals surface area contributed by atoms with Crippen LogP contribution in [0.5, 0.6) is 0 Å². The molecule has 0 aromatic rings. The largest absolute Gasteiger partial charge is 0.350 e.